The molecule has 1 N–H and O–H groups in total. The maximum absolute atomic E-state index is 12.9. The number of carbonyl (C=O) groups is 2. The molecule has 1 rings (SSSR count). The van der Waals surface area contributed by atoms with E-state index in [0.29, 0.717) is 6.42 Å². The Morgan fingerprint density at radius 1 is 1.25 bits per heavy atom. The SMILES string of the molecule is CCC[C@](C)(OC)[C@H](N[S@](=O)C(C)(C)C)[C@H]1C=CC(=O)N1C(=O)OC(C)(C)C. The third-order valence-corrected chi connectivity index (χ3v) is 6.14. The molecular weight excluding hydrogens is 380 g/mol. The molecule has 0 saturated heterocycles. The van der Waals surface area contributed by atoms with E-state index in [4.69, 9.17) is 9.47 Å². The second-order valence-electron chi connectivity index (χ2n) is 9.28. The van der Waals surface area contributed by atoms with E-state index in [0.717, 1.165) is 11.3 Å². The van der Waals surface area contributed by atoms with Gasteiger partial charge in [-0.2, -0.15) is 0 Å². The van der Waals surface area contributed by atoms with Gasteiger partial charge in [0.1, 0.15) is 5.60 Å². The standard InChI is InChI=1S/C20H36N2O5S/c1-10-13-20(8,26-9)16(21-28(25)19(5,6)7)14-11-12-15(23)22(14)17(24)27-18(2,3)4/h11-12,14,16,21H,10,13H2,1-9H3/t14-,16-,20+,28-/m1/s1. The summed E-state index contributed by atoms with van der Waals surface area (Å²) >= 11 is 0. The number of carbonyl (C=O) groups excluding carboxylic acids is 2. The van der Waals surface area contributed by atoms with Gasteiger partial charge < -0.3 is 9.47 Å². The van der Waals surface area contributed by atoms with Crippen molar-refractivity contribution in [2.45, 2.75) is 96.3 Å². The zero-order valence-electron chi connectivity index (χ0n) is 18.6. The molecule has 0 aromatic rings. The normalized spacial score (nSPS) is 22.1. The van der Waals surface area contributed by atoms with Crippen molar-refractivity contribution >= 4 is 23.0 Å². The summed E-state index contributed by atoms with van der Waals surface area (Å²) in [5.74, 6) is -0.456. The van der Waals surface area contributed by atoms with Crippen molar-refractivity contribution in [3.63, 3.8) is 0 Å². The summed E-state index contributed by atoms with van der Waals surface area (Å²) in [6.45, 7) is 14.7. The monoisotopic (exact) mass is 416 g/mol. The van der Waals surface area contributed by atoms with Gasteiger partial charge in [0.05, 0.1) is 33.4 Å². The molecule has 1 aliphatic heterocycles. The van der Waals surface area contributed by atoms with Crippen LogP contribution in [0, 0.1) is 0 Å². The third-order valence-electron chi connectivity index (χ3n) is 4.56. The molecule has 0 radical (unpaired) electrons. The molecule has 0 spiro atoms. The van der Waals surface area contributed by atoms with Crippen molar-refractivity contribution in [3.05, 3.63) is 12.2 Å². The van der Waals surface area contributed by atoms with Gasteiger partial charge in [-0.3, -0.25) is 4.79 Å². The summed E-state index contributed by atoms with van der Waals surface area (Å²) in [6.07, 6.45) is 3.75. The van der Waals surface area contributed by atoms with Crippen LogP contribution in [0.2, 0.25) is 0 Å². The van der Waals surface area contributed by atoms with Crippen LogP contribution in [0.1, 0.15) is 68.2 Å². The zero-order valence-corrected chi connectivity index (χ0v) is 19.4. The van der Waals surface area contributed by atoms with E-state index in [1.54, 1.807) is 34.0 Å². The van der Waals surface area contributed by atoms with Crippen molar-refractivity contribution in [1.29, 1.82) is 0 Å². The smallest absolute Gasteiger partial charge is 0.417 e. The van der Waals surface area contributed by atoms with Crippen LogP contribution in [0.15, 0.2) is 12.2 Å². The molecule has 0 aromatic carbocycles. The highest BCUT2D eigenvalue weighted by Crippen LogP contribution is 2.31. The summed E-state index contributed by atoms with van der Waals surface area (Å²) in [5.41, 5.74) is -1.49. The number of nitrogens with one attached hydrogen (secondary N) is 1. The first-order valence-electron chi connectivity index (χ1n) is 9.64. The van der Waals surface area contributed by atoms with Crippen LogP contribution in [0.4, 0.5) is 4.79 Å². The topological polar surface area (TPSA) is 84.9 Å². The molecule has 0 fully saturated rings. The maximum atomic E-state index is 12.9. The zero-order chi connectivity index (χ0) is 21.9. The number of nitrogens with zero attached hydrogens (tertiary/aromatic N) is 1. The molecule has 8 heteroatoms. The van der Waals surface area contributed by atoms with Gasteiger partial charge in [-0.05, 0) is 54.9 Å². The summed E-state index contributed by atoms with van der Waals surface area (Å²) in [6, 6.07) is -1.25. The Labute approximate surface area is 171 Å². The van der Waals surface area contributed by atoms with Gasteiger partial charge in [0.25, 0.3) is 5.91 Å². The lowest BCUT2D eigenvalue weighted by Crippen LogP contribution is -2.63. The van der Waals surface area contributed by atoms with Crippen molar-refractivity contribution in [2.24, 2.45) is 0 Å². The Morgan fingerprint density at radius 2 is 1.82 bits per heavy atom. The van der Waals surface area contributed by atoms with E-state index >= 15 is 0 Å². The van der Waals surface area contributed by atoms with E-state index in [1.165, 1.54) is 6.08 Å². The van der Waals surface area contributed by atoms with Crippen LogP contribution in [0.3, 0.4) is 0 Å². The van der Waals surface area contributed by atoms with Crippen LogP contribution in [-0.4, -0.2) is 56.3 Å². The molecule has 0 unspecified atom stereocenters. The molecule has 2 amide bonds. The predicted octanol–water partition coefficient (Wildman–Crippen LogP) is 3.31. The van der Waals surface area contributed by atoms with Crippen molar-refractivity contribution in [3.8, 4) is 0 Å². The highest BCUT2D eigenvalue weighted by molar-refractivity contribution is 7.84. The molecule has 28 heavy (non-hydrogen) atoms. The first kappa shape index (κ1) is 24.8. The van der Waals surface area contributed by atoms with E-state index in [-0.39, 0.29) is 0 Å². The summed E-state index contributed by atoms with van der Waals surface area (Å²) in [5, 5.41) is 0. The average Bonchev–Trinajstić information content (AvgIpc) is 2.91. The van der Waals surface area contributed by atoms with E-state index in [1.807, 2.05) is 34.6 Å². The molecule has 4 atom stereocenters. The second-order valence-corrected chi connectivity index (χ2v) is 11.3. The Kier molecular flexibility index (Phi) is 8.01. The van der Waals surface area contributed by atoms with Crippen LogP contribution in [-0.2, 0) is 25.3 Å². The molecule has 1 aliphatic rings. The third kappa shape index (κ3) is 6.12. The lowest BCUT2D eigenvalue weighted by molar-refractivity contribution is -0.127. The average molecular weight is 417 g/mol. The fourth-order valence-corrected chi connectivity index (χ4v) is 3.98. The van der Waals surface area contributed by atoms with Gasteiger partial charge in [-0.15, -0.1) is 0 Å². The van der Waals surface area contributed by atoms with Crippen molar-refractivity contribution in [1.82, 2.24) is 9.62 Å². The molecule has 1 heterocycles. The minimum Gasteiger partial charge on any atom is -0.443 e. The molecule has 162 valence electrons. The minimum atomic E-state index is -1.43. The number of imide groups is 1. The highest BCUT2D eigenvalue weighted by Gasteiger charge is 2.48. The molecule has 0 aromatic heterocycles. The molecule has 0 bridgehead atoms. The molecule has 0 saturated carbocycles. The largest absolute Gasteiger partial charge is 0.443 e. The first-order chi connectivity index (χ1) is 12.7. The number of methoxy groups -OCH3 is 1. The fraction of sp³-hybridized carbons (Fsp3) is 0.800. The molecule has 7 nitrogen and oxygen atoms in total. The lowest BCUT2D eigenvalue weighted by atomic mass is 9.86. The van der Waals surface area contributed by atoms with Gasteiger partial charge in [-0.1, -0.05) is 19.4 Å². The van der Waals surface area contributed by atoms with E-state index < -0.39 is 51.0 Å². The highest BCUT2D eigenvalue weighted by atomic mass is 32.2. The number of ether oxygens (including phenoxy) is 2. The lowest BCUT2D eigenvalue weighted by Gasteiger charge is -2.42. The first-order valence-corrected chi connectivity index (χ1v) is 10.8. The molecular formula is C20H36N2O5S. The van der Waals surface area contributed by atoms with Crippen molar-refractivity contribution in [2.75, 3.05) is 7.11 Å². The van der Waals surface area contributed by atoms with Gasteiger partial charge in [0, 0.05) is 13.2 Å². The van der Waals surface area contributed by atoms with Gasteiger partial charge in [-0.25, -0.2) is 18.6 Å². The summed E-state index contributed by atoms with van der Waals surface area (Å²) < 4.78 is 26.7. The van der Waals surface area contributed by atoms with Crippen molar-refractivity contribution < 1.29 is 23.3 Å². The predicted molar refractivity (Wildman–Crippen MR) is 111 cm³/mol. The van der Waals surface area contributed by atoms with Gasteiger partial charge >= 0.3 is 6.09 Å². The van der Waals surface area contributed by atoms with E-state index in [2.05, 4.69) is 4.72 Å². The number of hydrogen-bond acceptors (Lipinski definition) is 5. The maximum Gasteiger partial charge on any atom is 0.417 e. The summed E-state index contributed by atoms with van der Waals surface area (Å²) in [7, 11) is 0.158. The summed E-state index contributed by atoms with van der Waals surface area (Å²) in [4.78, 5) is 26.3. The number of rotatable bonds is 7. The number of hydrogen-bond donors (Lipinski definition) is 1. The quantitative estimate of drug-likeness (QED) is 0.688. The Hall–Kier alpha value is -1.25. The number of amides is 2. The Bertz CT molecular complexity index is 635. The Balaban J connectivity index is 3.33. The van der Waals surface area contributed by atoms with Gasteiger partial charge in [0.15, 0.2) is 0 Å². The fourth-order valence-electron chi connectivity index (χ4n) is 3.01. The minimum absolute atomic E-state index is 0.456. The molecule has 0 aliphatic carbocycles. The van der Waals surface area contributed by atoms with Crippen LogP contribution in [0.5, 0.6) is 0 Å². The Morgan fingerprint density at radius 3 is 2.25 bits per heavy atom. The van der Waals surface area contributed by atoms with E-state index in [9.17, 15) is 13.8 Å². The van der Waals surface area contributed by atoms with Crippen LogP contribution < -0.4 is 4.72 Å². The second kappa shape index (κ2) is 9.05. The van der Waals surface area contributed by atoms with Crippen LogP contribution >= 0.6 is 0 Å². The van der Waals surface area contributed by atoms with Gasteiger partial charge in [0.2, 0.25) is 0 Å². The van der Waals surface area contributed by atoms with Crippen LogP contribution in [0.25, 0.3) is 0 Å².